The molecule has 0 saturated carbocycles. The number of hydrogen-bond acceptors (Lipinski definition) is 4. The molecule has 128 valence electrons. The van der Waals surface area contributed by atoms with E-state index in [0.717, 1.165) is 18.2 Å². The molecule has 0 radical (unpaired) electrons. The van der Waals surface area contributed by atoms with Crippen molar-refractivity contribution in [2.75, 3.05) is 18.5 Å². The molecule has 0 atom stereocenters. The van der Waals surface area contributed by atoms with Crippen molar-refractivity contribution in [3.8, 4) is 0 Å². The van der Waals surface area contributed by atoms with Gasteiger partial charge in [-0.1, -0.05) is 18.2 Å². The second-order valence-electron chi connectivity index (χ2n) is 4.45. The molecule has 0 aliphatic carbocycles. The summed E-state index contributed by atoms with van der Waals surface area (Å²) in [6.07, 6.45) is 5.92. The van der Waals surface area contributed by atoms with Gasteiger partial charge in [0.05, 0.1) is 6.54 Å². The van der Waals surface area contributed by atoms with Crippen LogP contribution >= 0.6 is 0 Å². The Morgan fingerprint density at radius 3 is 2.54 bits per heavy atom. The zero-order valence-corrected chi connectivity index (χ0v) is 12.8. The molecule has 1 rings (SSSR count). The number of rotatable bonds is 7. The van der Waals surface area contributed by atoms with Gasteiger partial charge in [-0.15, -0.1) is 0 Å². The monoisotopic (exact) mass is 338 g/mol. The number of carbonyl (C=O) groups is 3. The van der Waals surface area contributed by atoms with Gasteiger partial charge >= 0.3 is 5.97 Å². The Labute approximate surface area is 137 Å². The van der Waals surface area contributed by atoms with Crippen molar-refractivity contribution in [3.63, 3.8) is 0 Å². The average molecular weight is 338 g/mol. The second-order valence-corrected chi connectivity index (χ2v) is 4.45. The number of benzene rings is 1. The lowest BCUT2D eigenvalue weighted by Crippen LogP contribution is -2.35. The summed E-state index contributed by atoms with van der Waals surface area (Å²) in [5.74, 6) is -4.16. The Morgan fingerprint density at radius 2 is 1.88 bits per heavy atom. The van der Waals surface area contributed by atoms with E-state index >= 15 is 0 Å². The summed E-state index contributed by atoms with van der Waals surface area (Å²) in [5.41, 5.74) is 0.0497. The maximum atomic E-state index is 13.0. The van der Waals surface area contributed by atoms with E-state index in [1.807, 2.05) is 0 Å². The third kappa shape index (κ3) is 7.30. The van der Waals surface area contributed by atoms with Crippen molar-refractivity contribution in [1.29, 1.82) is 0 Å². The van der Waals surface area contributed by atoms with Gasteiger partial charge < -0.3 is 15.4 Å². The number of halogens is 2. The zero-order valence-electron chi connectivity index (χ0n) is 12.8. The quantitative estimate of drug-likeness (QED) is 0.450. The third-order valence-corrected chi connectivity index (χ3v) is 2.53. The summed E-state index contributed by atoms with van der Waals surface area (Å²) in [6, 6.07) is 2.86. The van der Waals surface area contributed by atoms with E-state index in [9.17, 15) is 23.2 Å². The van der Waals surface area contributed by atoms with Crippen molar-refractivity contribution in [1.82, 2.24) is 5.32 Å². The van der Waals surface area contributed by atoms with E-state index in [0.29, 0.717) is 0 Å². The van der Waals surface area contributed by atoms with Gasteiger partial charge in [-0.3, -0.25) is 9.59 Å². The number of carbonyl (C=O) groups excluding carboxylic acids is 3. The Bertz CT molecular complexity index is 672. The summed E-state index contributed by atoms with van der Waals surface area (Å²) in [6.45, 7) is 0.815. The van der Waals surface area contributed by atoms with E-state index in [1.54, 1.807) is 19.1 Å². The minimum Gasteiger partial charge on any atom is -0.452 e. The topological polar surface area (TPSA) is 84.5 Å². The average Bonchev–Trinajstić information content (AvgIpc) is 2.54. The van der Waals surface area contributed by atoms with Gasteiger partial charge in [0.25, 0.3) is 5.91 Å². The lowest BCUT2D eigenvalue weighted by molar-refractivity contribution is -0.143. The van der Waals surface area contributed by atoms with Crippen molar-refractivity contribution >= 4 is 23.5 Å². The number of esters is 1. The van der Waals surface area contributed by atoms with Crippen molar-refractivity contribution in [2.24, 2.45) is 0 Å². The Balaban J connectivity index is 2.32. The molecule has 2 amide bonds. The van der Waals surface area contributed by atoms with Crippen LogP contribution in [0.5, 0.6) is 0 Å². The molecular weight excluding hydrogens is 322 g/mol. The van der Waals surface area contributed by atoms with Gasteiger partial charge in [-0.25, -0.2) is 13.6 Å². The van der Waals surface area contributed by atoms with Crippen LogP contribution in [-0.2, 0) is 19.1 Å². The van der Waals surface area contributed by atoms with Crippen LogP contribution < -0.4 is 10.6 Å². The molecule has 0 heterocycles. The summed E-state index contributed by atoms with van der Waals surface area (Å²) in [7, 11) is 0. The molecular formula is C16H16F2N2O4. The molecule has 0 saturated heterocycles. The van der Waals surface area contributed by atoms with Crippen molar-refractivity contribution < 1.29 is 27.9 Å². The van der Waals surface area contributed by atoms with E-state index in [4.69, 9.17) is 0 Å². The first-order valence-corrected chi connectivity index (χ1v) is 6.90. The molecule has 1 aromatic rings. The van der Waals surface area contributed by atoms with Crippen molar-refractivity contribution in [3.05, 3.63) is 54.1 Å². The Hall–Kier alpha value is -3.03. The molecule has 0 aliphatic heterocycles. The van der Waals surface area contributed by atoms with Gasteiger partial charge in [0, 0.05) is 17.8 Å². The fourth-order valence-corrected chi connectivity index (χ4v) is 1.44. The maximum absolute atomic E-state index is 13.0. The van der Waals surface area contributed by atoms with Crippen LogP contribution in [-0.4, -0.2) is 30.9 Å². The highest BCUT2D eigenvalue weighted by Crippen LogP contribution is 2.12. The number of hydrogen-bond donors (Lipinski definition) is 2. The van der Waals surface area contributed by atoms with Crippen LogP contribution in [0.1, 0.15) is 6.92 Å². The number of anilines is 1. The van der Waals surface area contributed by atoms with Gasteiger partial charge in [0.1, 0.15) is 0 Å². The number of ether oxygens (including phenoxy) is 1. The van der Waals surface area contributed by atoms with Gasteiger partial charge in [-0.05, 0) is 19.1 Å². The van der Waals surface area contributed by atoms with Crippen LogP contribution in [0, 0.1) is 11.6 Å². The lowest BCUT2D eigenvalue weighted by Gasteiger charge is -2.07. The first-order chi connectivity index (χ1) is 11.4. The van der Waals surface area contributed by atoms with Gasteiger partial charge in [0.15, 0.2) is 18.2 Å². The molecule has 8 heteroatoms. The molecule has 6 nitrogen and oxygen atoms in total. The molecule has 24 heavy (non-hydrogen) atoms. The van der Waals surface area contributed by atoms with E-state index in [2.05, 4.69) is 15.4 Å². The highest BCUT2D eigenvalue weighted by Gasteiger charge is 2.09. The second kappa shape index (κ2) is 9.88. The van der Waals surface area contributed by atoms with Gasteiger partial charge in [0.2, 0.25) is 5.91 Å². The molecule has 0 unspecified atom stereocenters. The summed E-state index contributed by atoms with van der Waals surface area (Å²) in [4.78, 5) is 34.2. The third-order valence-electron chi connectivity index (χ3n) is 2.53. The number of amides is 2. The summed E-state index contributed by atoms with van der Waals surface area (Å²) < 4.78 is 30.4. The smallest absolute Gasteiger partial charge is 0.331 e. The summed E-state index contributed by atoms with van der Waals surface area (Å²) in [5, 5.41) is 4.49. The highest BCUT2D eigenvalue weighted by molar-refractivity contribution is 5.95. The minimum atomic E-state index is -1.10. The fraction of sp³-hybridized carbons (Fsp3) is 0.188. The van der Waals surface area contributed by atoms with Crippen molar-refractivity contribution in [2.45, 2.75) is 6.92 Å². The standard InChI is InChI=1S/C16H16F2N2O4/c1-2-3-4-5-16(23)24-10-15(22)19-9-14(21)20-11-6-7-12(17)13(18)8-11/h2-8H,9-10H2,1H3,(H,19,22)(H,20,21)/b3-2+,5-4+. The normalized spacial score (nSPS) is 10.8. The summed E-state index contributed by atoms with van der Waals surface area (Å²) >= 11 is 0. The maximum Gasteiger partial charge on any atom is 0.331 e. The fourth-order valence-electron chi connectivity index (χ4n) is 1.44. The predicted molar refractivity (Wildman–Crippen MR) is 82.9 cm³/mol. The first-order valence-electron chi connectivity index (χ1n) is 6.90. The highest BCUT2D eigenvalue weighted by atomic mass is 19.2. The SMILES string of the molecule is C/C=C/C=C/C(=O)OCC(=O)NCC(=O)Nc1ccc(F)c(F)c1. The van der Waals surface area contributed by atoms with Gasteiger partial charge in [-0.2, -0.15) is 0 Å². The molecule has 2 N–H and O–H groups in total. The lowest BCUT2D eigenvalue weighted by atomic mass is 10.3. The minimum absolute atomic E-state index is 0.0497. The van der Waals surface area contributed by atoms with E-state index in [1.165, 1.54) is 12.1 Å². The predicted octanol–water partition coefficient (Wildman–Crippen LogP) is 1.69. The molecule has 0 aromatic heterocycles. The molecule has 0 aliphatic rings. The first kappa shape index (κ1) is 19.0. The Kier molecular flexibility index (Phi) is 7.83. The van der Waals surface area contributed by atoms with Crippen LogP contribution in [0.2, 0.25) is 0 Å². The largest absolute Gasteiger partial charge is 0.452 e. The number of allylic oxidation sites excluding steroid dienone is 3. The molecule has 0 bridgehead atoms. The molecule has 1 aromatic carbocycles. The molecule has 0 fully saturated rings. The van der Waals surface area contributed by atoms with Crippen LogP contribution in [0.4, 0.5) is 14.5 Å². The van der Waals surface area contributed by atoms with E-state index in [-0.39, 0.29) is 5.69 Å². The molecule has 0 spiro atoms. The van der Waals surface area contributed by atoms with E-state index < -0.39 is 42.6 Å². The zero-order chi connectivity index (χ0) is 17.9. The van der Waals surface area contributed by atoms with Crippen LogP contribution in [0.15, 0.2) is 42.5 Å². The van der Waals surface area contributed by atoms with Crippen LogP contribution in [0.25, 0.3) is 0 Å². The Morgan fingerprint density at radius 1 is 1.12 bits per heavy atom. The number of nitrogens with one attached hydrogen (secondary N) is 2. The van der Waals surface area contributed by atoms with Crippen LogP contribution in [0.3, 0.4) is 0 Å².